The number of benzene rings is 1. The summed E-state index contributed by atoms with van der Waals surface area (Å²) in [5.41, 5.74) is 6.44. The van der Waals surface area contributed by atoms with Gasteiger partial charge in [-0.25, -0.2) is 0 Å². The molecule has 2 rings (SSSR count). The normalized spacial score (nSPS) is 10.2. The maximum atomic E-state index is 11.7. The van der Waals surface area contributed by atoms with Crippen LogP contribution in [0.4, 0.5) is 5.69 Å². The fourth-order valence-electron chi connectivity index (χ4n) is 1.65. The highest BCUT2D eigenvalue weighted by Crippen LogP contribution is 2.11. The van der Waals surface area contributed by atoms with Crippen LogP contribution < -0.4 is 11.3 Å². The molecule has 0 aliphatic heterocycles. The second-order valence-corrected chi connectivity index (χ2v) is 4.66. The average Bonchev–Trinajstić information content (AvgIpc) is 2.41. The summed E-state index contributed by atoms with van der Waals surface area (Å²) >= 11 is 5.83. The van der Waals surface area contributed by atoms with Gasteiger partial charge in [0.2, 0.25) is 0 Å². The van der Waals surface area contributed by atoms with Crippen molar-refractivity contribution in [3.05, 3.63) is 63.5 Å². The van der Waals surface area contributed by atoms with Gasteiger partial charge in [0, 0.05) is 23.0 Å². The molecule has 0 aliphatic carbocycles. The summed E-state index contributed by atoms with van der Waals surface area (Å²) in [6.45, 7) is -0.0686. The Morgan fingerprint density at radius 1 is 1.30 bits per heavy atom. The molecular formula is C14H13ClN2O3. The van der Waals surface area contributed by atoms with Gasteiger partial charge >= 0.3 is 5.97 Å². The van der Waals surface area contributed by atoms with Gasteiger partial charge in [-0.3, -0.25) is 9.59 Å². The Kier molecular flexibility index (Phi) is 4.42. The number of nitrogens with zero attached hydrogens (tertiary/aromatic N) is 1. The predicted octanol–water partition coefficient (Wildman–Crippen LogP) is 1.83. The van der Waals surface area contributed by atoms with E-state index < -0.39 is 5.97 Å². The van der Waals surface area contributed by atoms with Crippen molar-refractivity contribution in [1.82, 2.24) is 4.57 Å². The monoisotopic (exact) mass is 292 g/mol. The van der Waals surface area contributed by atoms with Crippen molar-refractivity contribution < 1.29 is 9.53 Å². The standard InChI is InChI=1S/C14H13ClN2O3/c15-11-3-1-2-10(6-11)9-20-14(19)8-17-7-12(16)4-5-13(17)18/h1-7H,8-9,16H2. The van der Waals surface area contributed by atoms with Gasteiger partial charge in [-0.15, -0.1) is 0 Å². The molecular weight excluding hydrogens is 280 g/mol. The Morgan fingerprint density at radius 2 is 2.10 bits per heavy atom. The molecule has 2 N–H and O–H groups in total. The zero-order valence-electron chi connectivity index (χ0n) is 10.6. The maximum Gasteiger partial charge on any atom is 0.326 e. The van der Waals surface area contributed by atoms with Gasteiger partial charge in [-0.2, -0.15) is 0 Å². The lowest BCUT2D eigenvalue weighted by molar-refractivity contribution is -0.145. The number of pyridine rings is 1. The first-order chi connectivity index (χ1) is 9.54. The summed E-state index contributed by atoms with van der Waals surface area (Å²) in [5, 5.41) is 0.575. The number of hydrogen-bond acceptors (Lipinski definition) is 4. The Labute approximate surface area is 120 Å². The van der Waals surface area contributed by atoms with Gasteiger partial charge in [0.25, 0.3) is 5.56 Å². The summed E-state index contributed by atoms with van der Waals surface area (Å²) < 4.78 is 6.29. The number of nitrogens with two attached hydrogens (primary N) is 1. The topological polar surface area (TPSA) is 74.3 Å². The number of carbonyl (C=O) groups is 1. The second kappa shape index (κ2) is 6.25. The molecule has 0 saturated heterocycles. The first-order valence-electron chi connectivity index (χ1n) is 5.90. The Bertz CT molecular complexity index is 682. The fourth-order valence-corrected chi connectivity index (χ4v) is 1.86. The molecule has 5 nitrogen and oxygen atoms in total. The number of hydrogen-bond donors (Lipinski definition) is 1. The predicted molar refractivity (Wildman–Crippen MR) is 76.4 cm³/mol. The highest BCUT2D eigenvalue weighted by atomic mass is 35.5. The lowest BCUT2D eigenvalue weighted by Crippen LogP contribution is -2.24. The van der Waals surface area contributed by atoms with E-state index in [0.29, 0.717) is 10.7 Å². The van der Waals surface area contributed by atoms with Gasteiger partial charge in [0.1, 0.15) is 13.2 Å². The molecule has 6 heteroatoms. The molecule has 104 valence electrons. The molecule has 0 unspecified atom stereocenters. The van der Waals surface area contributed by atoms with Gasteiger partial charge in [-0.1, -0.05) is 23.7 Å². The van der Waals surface area contributed by atoms with Gasteiger partial charge in [0.05, 0.1) is 0 Å². The molecule has 0 radical (unpaired) electrons. The van der Waals surface area contributed by atoms with E-state index >= 15 is 0 Å². The minimum absolute atomic E-state index is 0.108. The molecule has 1 aromatic heterocycles. The Morgan fingerprint density at radius 3 is 2.85 bits per heavy atom. The molecule has 0 bridgehead atoms. The van der Waals surface area contributed by atoms with Crippen molar-refractivity contribution in [2.24, 2.45) is 0 Å². The van der Waals surface area contributed by atoms with Gasteiger partial charge < -0.3 is 15.0 Å². The van der Waals surface area contributed by atoms with Crippen LogP contribution in [0.5, 0.6) is 0 Å². The van der Waals surface area contributed by atoms with Crippen LogP contribution in [-0.4, -0.2) is 10.5 Å². The van der Waals surface area contributed by atoms with Crippen LogP contribution in [-0.2, 0) is 22.7 Å². The lowest BCUT2D eigenvalue weighted by Gasteiger charge is -2.07. The van der Waals surface area contributed by atoms with Crippen molar-refractivity contribution in [3.8, 4) is 0 Å². The first-order valence-corrected chi connectivity index (χ1v) is 6.28. The average molecular weight is 293 g/mol. The van der Waals surface area contributed by atoms with Crippen LogP contribution in [0, 0.1) is 0 Å². The molecule has 0 aliphatic rings. The molecule has 1 heterocycles. The molecule has 2 aromatic rings. The van der Waals surface area contributed by atoms with Crippen LogP contribution >= 0.6 is 11.6 Å². The lowest BCUT2D eigenvalue weighted by atomic mass is 10.2. The van der Waals surface area contributed by atoms with Crippen molar-refractivity contribution >= 4 is 23.3 Å². The number of esters is 1. The summed E-state index contributed by atoms with van der Waals surface area (Å²) in [7, 11) is 0. The van der Waals surface area contributed by atoms with E-state index in [0.717, 1.165) is 5.56 Å². The molecule has 20 heavy (non-hydrogen) atoms. The van der Waals surface area contributed by atoms with E-state index in [1.165, 1.54) is 22.9 Å². The van der Waals surface area contributed by atoms with Gasteiger partial charge in [-0.05, 0) is 23.8 Å². The molecule has 0 amide bonds. The Hall–Kier alpha value is -2.27. The quantitative estimate of drug-likeness (QED) is 0.873. The number of ether oxygens (including phenoxy) is 1. The van der Waals surface area contributed by atoms with Crippen molar-refractivity contribution in [2.45, 2.75) is 13.2 Å². The molecule has 0 saturated carbocycles. The molecule has 0 fully saturated rings. The zero-order chi connectivity index (χ0) is 14.5. The number of aromatic nitrogens is 1. The van der Waals surface area contributed by atoms with Crippen LogP contribution in [0.3, 0.4) is 0 Å². The summed E-state index contributed by atoms with van der Waals surface area (Å²) in [6, 6.07) is 9.80. The second-order valence-electron chi connectivity index (χ2n) is 4.22. The third-order valence-corrected chi connectivity index (χ3v) is 2.83. The van der Waals surface area contributed by atoms with E-state index in [9.17, 15) is 9.59 Å². The van der Waals surface area contributed by atoms with E-state index in [-0.39, 0.29) is 18.7 Å². The van der Waals surface area contributed by atoms with E-state index in [4.69, 9.17) is 22.1 Å². The largest absolute Gasteiger partial charge is 0.459 e. The fraction of sp³-hybridized carbons (Fsp3) is 0.143. The summed E-state index contributed by atoms with van der Waals surface area (Å²) in [4.78, 5) is 23.2. The van der Waals surface area contributed by atoms with Crippen molar-refractivity contribution in [2.75, 3.05) is 5.73 Å². The maximum absolute atomic E-state index is 11.7. The van der Waals surface area contributed by atoms with Crippen LogP contribution in [0.15, 0.2) is 47.4 Å². The molecule has 0 atom stereocenters. The van der Waals surface area contributed by atoms with Gasteiger partial charge in [0.15, 0.2) is 0 Å². The van der Waals surface area contributed by atoms with Crippen LogP contribution in [0.25, 0.3) is 0 Å². The number of carbonyl (C=O) groups excluding carboxylic acids is 1. The number of anilines is 1. The zero-order valence-corrected chi connectivity index (χ0v) is 11.3. The summed E-state index contributed by atoms with van der Waals surface area (Å²) in [6.07, 6.45) is 1.41. The third kappa shape index (κ3) is 3.86. The number of rotatable bonds is 4. The van der Waals surface area contributed by atoms with Crippen LogP contribution in [0.1, 0.15) is 5.56 Å². The van der Waals surface area contributed by atoms with Crippen molar-refractivity contribution in [3.63, 3.8) is 0 Å². The van der Waals surface area contributed by atoms with Crippen molar-refractivity contribution in [1.29, 1.82) is 0 Å². The minimum atomic E-state index is -0.516. The van der Waals surface area contributed by atoms with Crippen LogP contribution in [0.2, 0.25) is 5.02 Å². The smallest absolute Gasteiger partial charge is 0.326 e. The highest BCUT2D eigenvalue weighted by Gasteiger charge is 2.06. The van der Waals surface area contributed by atoms with E-state index in [1.807, 2.05) is 0 Å². The SMILES string of the molecule is Nc1ccc(=O)n(CC(=O)OCc2cccc(Cl)c2)c1. The highest BCUT2D eigenvalue weighted by molar-refractivity contribution is 6.30. The number of nitrogen functional groups attached to an aromatic ring is 1. The Balaban J connectivity index is 1.96. The minimum Gasteiger partial charge on any atom is -0.459 e. The first kappa shape index (κ1) is 14.1. The summed E-state index contributed by atoms with van der Waals surface area (Å²) in [5.74, 6) is -0.516. The molecule has 0 spiro atoms. The molecule has 1 aromatic carbocycles. The van der Waals surface area contributed by atoms with E-state index in [2.05, 4.69) is 0 Å². The third-order valence-electron chi connectivity index (χ3n) is 2.59. The number of halogens is 1. The van der Waals surface area contributed by atoms with E-state index in [1.54, 1.807) is 24.3 Å².